The average Bonchev–Trinajstić information content (AvgIpc) is 2.43. The van der Waals surface area contributed by atoms with Gasteiger partial charge in [-0.1, -0.05) is 27.5 Å². The summed E-state index contributed by atoms with van der Waals surface area (Å²) in [5, 5.41) is 3.19. The Kier molecular flexibility index (Phi) is 4.98. The fourth-order valence-corrected chi connectivity index (χ4v) is 2.32. The monoisotopic (exact) mass is 354 g/mol. The molecule has 1 heterocycles. The van der Waals surface area contributed by atoms with E-state index in [0.29, 0.717) is 28.8 Å². The molecule has 0 aliphatic heterocycles. The van der Waals surface area contributed by atoms with Gasteiger partial charge in [0, 0.05) is 10.7 Å². The van der Waals surface area contributed by atoms with Crippen LogP contribution in [0.3, 0.4) is 0 Å². The van der Waals surface area contributed by atoms with Crippen LogP contribution in [0.4, 0.5) is 5.69 Å². The van der Waals surface area contributed by atoms with Gasteiger partial charge < -0.3 is 10.1 Å². The summed E-state index contributed by atoms with van der Waals surface area (Å²) in [7, 11) is 0. The molecule has 0 saturated carbocycles. The van der Waals surface area contributed by atoms with E-state index in [-0.39, 0.29) is 5.91 Å². The summed E-state index contributed by atoms with van der Waals surface area (Å²) < 4.78 is 6.18. The minimum atomic E-state index is -0.314. The summed E-state index contributed by atoms with van der Waals surface area (Å²) in [6.45, 7) is 2.28. The summed E-state index contributed by atoms with van der Waals surface area (Å²) in [5.74, 6) is -0.00786. The third-order valence-corrected chi connectivity index (χ3v) is 3.28. The van der Waals surface area contributed by atoms with Crippen molar-refractivity contribution >= 4 is 39.1 Å². The summed E-state index contributed by atoms with van der Waals surface area (Å²) >= 11 is 9.38. The second kappa shape index (κ2) is 6.72. The highest BCUT2D eigenvalue weighted by Gasteiger charge is 2.14. The van der Waals surface area contributed by atoms with Crippen molar-refractivity contribution in [2.24, 2.45) is 0 Å². The predicted octanol–water partition coefficient (Wildman–Crippen LogP) is 4.15. The van der Waals surface area contributed by atoms with Gasteiger partial charge in [-0.2, -0.15) is 0 Å². The second-order valence-corrected chi connectivity index (χ2v) is 5.19. The van der Waals surface area contributed by atoms with E-state index in [1.807, 2.05) is 6.92 Å². The molecule has 6 heteroatoms. The molecule has 0 aliphatic carbocycles. The number of aromatic nitrogens is 1. The lowest BCUT2D eigenvalue weighted by Gasteiger charge is -2.10. The Morgan fingerprint density at radius 3 is 2.95 bits per heavy atom. The van der Waals surface area contributed by atoms with Crippen molar-refractivity contribution in [3.8, 4) is 5.88 Å². The quantitative estimate of drug-likeness (QED) is 0.896. The Balaban J connectivity index is 2.24. The van der Waals surface area contributed by atoms with E-state index >= 15 is 0 Å². The van der Waals surface area contributed by atoms with Crippen LogP contribution in [0.1, 0.15) is 17.3 Å². The van der Waals surface area contributed by atoms with Crippen molar-refractivity contribution in [1.29, 1.82) is 0 Å². The van der Waals surface area contributed by atoms with Gasteiger partial charge in [0.25, 0.3) is 5.91 Å². The van der Waals surface area contributed by atoms with Crippen molar-refractivity contribution in [2.45, 2.75) is 6.92 Å². The largest absolute Gasteiger partial charge is 0.477 e. The van der Waals surface area contributed by atoms with Crippen LogP contribution in [0.2, 0.25) is 5.02 Å². The van der Waals surface area contributed by atoms with Gasteiger partial charge >= 0.3 is 0 Å². The molecule has 0 atom stereocenters. The van der Waals surface area contributed by atoms with Crippen molar-refractivity contribution in [3.05, 3.63) is 51.6 Å². The minimum absolute atomic E-state index is 0.306. The number of anilines is 1. The van der Waals surface area contributed by atoms with Crippen molar-refractivity contribution in [1.82, 2.24) is 4.98 Å². The number of benzene rings is 1. The molecular weight excluding hydrogens is 344 g/mol. The van der Waals surface area contributed by atoms with E-state index in [1.54, 1.807) is 36.5 Å². The maximum Gasteiger partial charge on any atom is 0.261 e. The summed E-state index contributed by atoms with van der Waals surface area (Å²) in [6.07, 6.45) is 1.58. The normalized spacial score (nSPS) is 10.2. The second-order valence-electron chi connectivity index (χ2n) is 3.87. The summed E-state index contributed by atoms with van der Waals surface area (Å²) in [5.41, 5.74) is 0.902. The van der Waals surface area contributed by atoms with Crippen LogP contribution in [0, 0.1) is 0 Å². The Morgan fingerprint density at radius 2 is 2.25 bits per heavy atom. The van der Waals surface area contributed by atoms with E-state index in [9.17, 15) is 4.79 Å². The molecule has 0 saturated heterocycles. The first-order chi connectivity index (χ1) is 9.61. The highest BCUT2D eigenvalue weighted by Crippen LogP contribution is 2.26. The van der Waals surface area contributed by atoms with Crippen LogP contribution in [0.5, 0.6) is 5.88 Å². The first-order valence-corrected chi connectivity index (χ1v) is 7.13. The number of nitrogens with one attached hydrogen (secondary N) is 1. The van der Waals surface area contributed by atoms with Gasteiger partial charge in [0.15, 0.2) is 0 Å². The van der Waals surface area contributed by atoms with Gasteiger partial charge in [-0.15, -0.1) is 0 Å². The molecule has 1 aromatic heterocycles. The fourth-order valence-electron chi connectivity index (χ4n) is 1.60. The SMILES string of the molecule is CCOc1ncccc1C(=O)Nc1ccc(Br)cc1Cl. The van der Waals surface area contributed by atoms with Gasteiger partial charge in [-0.3, -0.25) is 4.79 Å². The number of halogens is 2. The van der Waals surface area contributed by atoms with E-state index in [2.05, 4.69) is 26.2 Å². The molecule has 0 fully saturated rings. The Bertz CT molecular complexity index is 634. The van der Waals surface area contributed by atoms with Crippen molar-refractivity contribution in [2.75, 3.05) is 11.9 Å². The number of amides is 1. The van der Waals surface area contributed by atoms with Crippen LogP contribution >= 0.6 is 27.5 Å². The number of pyridine rings is 1. The molecule has 1 amide bonds. The third kappa shape index (κ3) is 3.49. The zero-order valence-corrected chi connectivity index (χ0v) is 13.0. The Morgan fingerprint density at radius 1 is 1.45 bits per heavy atom. The number of hydrogen-bond acceptors (Lipinski definition) is 3. The topological polar surface area (TPSA) is 51.2 Å². The lowest BCUT2D eigenvalue weighted by Crippen LogP contribution is -2.14. The van der Waals surface area contributed by atoms with E-state index < -0.39 is 0 Å². The number of rotatable bonds is 4. The zero-order chi connectivity index (χ0) is 14.5. The molecule has 2 rings (SSSR count). The van der Waals surface area contributed by atoms with E-state index in [0.717, 1.165) is 4.47 Å². The Labute approximate surface area is 130 Å². The fraction of sp³-hybridized carbons (Fsp3) is 0.143. The molecule has 2 aromatic rings. The van der Waals surface area contributed by atoms with E-state index in [1.165, 1.54) is 0 Å². The first kappa shape index (κ1) is 14.8. The van der Waals surface area contributed by atoms with Crippen LogP contribution in [0.25, 0.3) is 0 Å². The average molecular weight is 356 g/mol. The lowest BCUT2D eigenvalue weighted by molar-refractivity contribution is 0.102. The molecule has 0 spiro atoms. The van der Waals surface area contributed by atoms with Crippen LogP contribution in [-0.4, -0.2) is 17.5 Å². The van der Waals surface area contributed by atoms with Gasteiger partial charge in [-0.25, -0.2) is 4.98 Å². The molecule has 4 nitrogen and oxygen atoms in total. The molecule has 0 unspecified atom stereocenters. The standard InChI is InChI=1S/C14H12BrClN2O2/c1-2-20-14-10(4-3-7-17-14)13(19)18-12-6-5-9(15)8-11(12)16/h3-8H,2H2,1H3,(H,18,19). The molecule has 20 heavy (non-hydrogen) atoms. The van der Waals surface area contributed by atoms with E-state index in [4.69, 9.17) is 16.3 Å². The number of carbonyl (C=O) groups is 1. The minimum Gasteiger partial charge on any atom is -0.477 e. The van der Waals surface area contributed by atoms with Gasteiger partial charge in [0.1, 0.15) is 5.56 Å². The first-order valence-electron chi connectivity index (χ1n) is 5.96. The smallest absolute Gasteiger partial charge is 0.261 e. The maximum absolute atomic E-state index is 12.2. The van der Waals surface area contributed by atoms with Crippen LogP contribution < -0.4 is 10.1 Å². The lowest BCUT2D eigenvalue weighted by atomic mass is 10.2. The molecule has 1 N–H and O–H groups in total. The molecular formula is C14H12BrClN2O2. The van der Waals surface area contributed by atoms with Crippen molar-refractivity contribution in [3.63, 3.8) is 0 Å². The van der Waals surface area contributed by atoms with Crippen LogP contribution in [0.15, 0.2) is 41.0 Å². The number of hydrogen-bond donors (Lipinski definition) is 1. The van der Waals surface area contributed by atoms with Gasteiger partial charge in [-0.05, 0) is 37.3 Å². The number of nitrogens with zero attached hydrogens (tertiary/aromatic N) is 1. The van der Waals surface area contributed by atoms with Gasteiger partial charge in [0.05, 0.1) is 17.3 Å². The molecule has 0 aliphatic rings. The molecule has 104 valence electrons. The molecule has 0 radical (unpaired) electrons. The Hall–Kier alpha value is -1.59. The summed E-state index contributed by atoms with van der Waals surface area (Å²) in [4.78, 5) is 16.3. The molecule has 0 bridgehead atoms. The zero-order valence-electron chi connectivity index (χ0n) is 10.7. The third-order valence-electron chi connectivity index (χ3n) is 2.48. The van der Waals surface area contributed by atoms with Crippen LogP contribution in [-0.2, 0) is 0 Å². The summed E-state index contributed by atoms with van der Waals surface area (Å²) in [6, 6.07) is 8.57. The maximum atomic E-state index is 12.2. The van der Waals surface area contributed by atoms with Crippen molar-refractivity contribution < 1.29 is 9.53 Å². The highest BCUT2D eigenvalue weighted by atomic mass is 79.9. The molecule has 1 aromatic carbocycles. The van der Waals surface area contributed by atoms with Gasteiger partial charge in [0.2, 0.25) is 5.88 Å². The number of carbonyl (C=O) groups excluding carboxylic acids is 1. The highest BCUT2D eigenvalue weighted by molar-refractivity contribution is 9.10. The predicted molar refractivity (Wildman–Crippen MR) is 82.5 cm³/mol. The number of ether oxygens (including phenoxy) is 1.